The van der Waals surface area contributed by atoms with Crippen LogP contribution in [0.2, 0.25) is 5.02 Å². The first-order chi connectivity index (χ1) is 13.6. The molecule has 0 aliphatic rings. The zero-order valence-electron chi connectivity index (χ0n) is 16.3. The van der Waals surface area contributed by atoms with Gasteiger partial charge in [-0.1, -0.05) is 11.6 Å². The van der Waals surface area contributed by atoms with Gasteiger partial charge in [-0.3, -0.25) is 24.4 Å². The Labute approximate surface area is 171 Å². The van der Waals surface area contributed by atoms with Gasteiger partial charge in [0.05, 0.1) is 34.4 Å². The minimum absolute atomic E-state index is 0.0987. The lowest BCUT2D eigenvalue weighted by Gasteiger charge is -2.23. The standard InChI is InChI=1S/C20H19ClN4O4/c1-9-10(7-11(21)17(24-9)20(2,3)19(28)29-4)13-8-14(26)15-12(25-13)5-6-23-16(15)18(22)27/h5-8H,1-4H3,(H2,22,27)(H,25,26). The van der Waals surface area contributed by atoms with Crippen LogP contribution >= 0.6 is 11.6 Å². The van der Waals surface area contributed by atoms with Gasteiger partial charge >= 0.3 is 5.97 Å². The number of H-pyrrole nitrogens is 1. The third kappa shape index (κ3) is 3.47. The van der Waals surface area contributed by atoms with E-state index in [9.17, 15) is 14.4 Å². The van der Waals surface area contributed by atoms with Gasteiger partial charge in [0, 0.05) is 23.5 Å². The zero-order valence-corrected chi connectivity index (χ0v) is 17.0. The Kier molecular flexibility index (Phi) is 5.15. The summed E-state index contributed by atoms with van der Waals surface area (Å²) < 4.78 is 4.84. The third-order valence-electron chi connectivity index (χ3n) is 4.72. The van der Waals surface area contributed by atoms with Gasteiger partial charge < -0.3 is 15.5 Å². The molecule has 3 N–H and O–H groups in total. The molecule has 0 aromatic carbocycles. The first-order valence-electron chi connectivity index (χ1n) is 8.66. The Hall–Kier alpha value is -3.26. The summed E-state index contributed by atoms with van der Waals surface area (Å²) in [5, 5.41) is 0.374. The lowest BCUT2D eigenvalue weighted by molar-refractivity contribution is -0.146. The summed E-state index contributed by atoms with van der Waals surface area (Å²) in [6.45, 7) is 5.08. The van der Waals surface area contributed by atoms with Crippen LogP contribution in [0.3, 0.4) is 0 Å². The molecule has 0 bridgehead atoms. The van der Waals surface area contributed by atoms with Gasteiger partial charge in [0.15, 0.2) is 5.43 Å². The van der Waals surface area contributed by atoms with Crippen LogP contribution in [0.1, 0.15) is 35.7 Å². The highest BCUT2D eigenvalue weighted by Gasteiger charge is 2.35. The number of carbonyl (C=O) groups excluding carboxylic acids is 2. The number of halogens is 1. The maximum absolute atomic E-state index is 12.7. The molecule has 0 saturated heterocycles. The molecule has 150 valence electrons. The Morgan fingerprint density at radius 3 is 2.59 bits per heavy atom. The molecule has 1 amide bonds. The maximum Gasteiger partial charge on any atom is 0.317 e. The fourth-order valence-corrected chi connectivity index (χ4v) is 3.56. The number of hydrogen-bond acceptors (Lipinski definition) is 6. The second-order valence-electron chi connectivity index (χ2n) is 7.06. The van der Waals surface area contributed by atoms with Crippen molar-refractivity contribution in [3.05, 3.63) is 56.7 Å². The molecular formula is C20H19ClN4O4. The number of hydrogen-bond donors (Lipinski definition) is 2. The Morgan fingerprint density at radius 2 is 1.97 bits per heavy atom. The van der Waals surface area contributed by atoms with Crippen LogP contribution in [0, 0.1) is 6.92 Å². The second kappa shape index (κ2) is 7.29. The number of nitrogens with one attached hydrogen (secondary N) is 1. The van der Waals surface area contributed by atoms with Crippen LogP contribution in [0.5, 0.6) is 0 Å². The number of pyridine rings is 3. The summed E-state index contributed by atoms with van der Waals surface area (Å²) in [6.07, 6.45) is 1.39. The Balaban J connectivity index is 2.21. The third-order valence-corrected chi connectivity index (χ3v) is 5.01. The summed E-state index contributed by atoms with van der Waals surface area (Å²) in [4.78, 5) is 47.9. The number of rotatable bonds is 4. The highest BCUT2D eigenvalue weighted by molar-refractivity contribution is 6.31. The number of amides is 1. The first-order valence-corrected chi connectivity index (χ1v) is 9.04. The van der Waals surface area contributed by atoms with Crippen LogP contribution in [-0.4, -0.2) is 33.9 Å². The fourth-order valence-electron chi connectivity index (χ4n) is 3.18. The maximum atomic E-state index is 12.7. The van der Waals surface area contributed by atoms with Crippen LogP contribution in [-0.2, 0) is 14.9 Å². The van der Waals surface area contributed by atoms with E-state index < -0.39 is 22.7 Å². The Morgan fingerprint density at radius 1 is 1.28 bits per heavy atom. The first kappa shape index (κ1) is 20.5. The van der Waals surface area contributed by atoms with Gasteiger partial charge in [0.2, 0.25) is 0 Å². The van der Waals surface area contributed by atoms with E-state index in [0.29, 0.717) is 28.2 Å². The molecule has 0 unspecified atom stereocenters. The molecule has 9 heteroatoms. The SMILES string of the molecule is COC(=O)C(C)(C)c1nc(C)c(-c2cc(=O)c3c(C(N)=O)nccc3[nH]2)cc1Cl. The molecule has 3 aromatic rings. The summed E-state index contributed by atoms with van der Waals surface area (Å²) >= 11 is 6.43. The summed E-state index contributed by atoms with van der Waals surface area (Å²) in [5.74, 6) is -1.26. The number of methoxy groups -OCH3 is 1. The minimum Gasteiger partial charge on any atom is -0.468 e. The van der Waals surface area contributed by atoms with Crippen LogP contribution < -0.4 is 11.2 Å². The van der Waals surface area contributed by atoms with Crippen molar-refractivity contribution in [3.63, 3.8) is 0 Å². The lowest BCUT2D eigenvalue weighted by Crippen LogP contribution is -2.32. The molecule has 29 heavy (non-hydrogen) atoms. The summed E-state index contributed by atoms with van der Waals surface area (Å²) in [5.41, 5.74) is 6.13. The van der Waals surface area contributed by atoms with Crippen molar-refractivity contribution in [2.75, 3.05) is 7.11 Å². The molecule has 0 radical (unpaired) electrons. The smallest absolute Gasteiger partial charge is 0.317 e. The van der Waals surface area contributed by atoms with Crippen LogP contribution in [0.25, 0.3) is 22.2 Å². The van der Waals surface area contributed by atoms with Crippen molar-refractivity contribution in [1.29, 1.82) is 0 Å². The topological polar surface area (TPSA) is 128 Å². The molecule has 0 fully saturated rings. The molecule has 0 aliphatic carbocycles. The average molecular weight is 415 g/mol. The van der Waals surface area contributed by atoms with E-state index in [-0.39, 0.29) is 16.1 Å². The van der Waals surface area contributed by atoms with Crippen molar-refractivity contribution in [3.8, 4) is 11.3 Å². The molecule has 3 rings (SSSR count). The van der Waals surface area contributed by atoms with E-state index in [1.54, 1.807) is 32.9 Å². The molecule has 0 aliphatic heterocycles. The highest BCUT2D eigenvalue weighted by Crippen LogP contribution is 2.33. The van der Waals surface area contributed by atoms with Crippen molar-refractivity contribution in [1.82, 2.24) is 15.0 Å². The number of primary amides is 1. The van der Waals surface area contributed by atoms with Gasteiger partial charge in [-0.05, 0) is 32.9 Å². The predicted octanol–water partition coefficient (Wildman–Crippen LogP) is 2.50. The average Bonchev–Trinajstić information content (AvgIpc) is 2.67. The monoisotopic (exact) mass is 414 g/mol. The molecule has 0 spiro atoms. The van der Waals surface area contributed by atoms with E-state index >= 15 is 0 Å². The van der Waals surface area contributed by atoms with Gasteiger partial charge in [0.1, 0.15) is 11.1 Å². The van der Waals surface area contributed by atoms with E-state index in [2.05, 4.69) is 15.0 Å². The lowest BCUT2D eigenvalue weighted by atomic mass is 9.88. The largest absolute Gasteiger partial charge is 0.468 e. The van der Waals surface area contributed by atoms with Crippen molar-refractivity contribution < 1.29 is 14.3 Å². The van der Waals surface area contributed by atoms with E-state index in [0.717, 1.165) is 0 Å². The number of ether oxygens (including phenoxy) is 1. The second-order valence-corrected chi connectivity index (χ2v) is 7.47. The quantitative estimate of drug-likeness (QED) is 0.631. The molecule has 8 nitrogen and oxygen atoms in total. The molecule has 0 atom stereocenters. The molecule has 0 saturated carbocycles. The molecular weight excluding hydrogens is 396 g/mol. The number of aromatic amines is 1. The van der Waals surface area contributed by atoms with Crippen LogP contribution in [0.4, 0.5) is 0 Å². The van der Waals surface area contributed by atoms with Gasteiger partial charge in [-0.2, -0.15) is 0 Å². The predicted molar refractivity (Wildman–Crippen MR) is 109 cm³/mol. The number of carbonyl (C=O) groups is 2. The number of nitrogens with two attached hydrogens (primary N) is 1. The number of aryl methyl sites for hydroxylation is 1. The van der Waals surface area contributed by atoms with E-state index in [4.69, 9.17) is 22.1 Å². The van der Waals surface area contributed by atoms with Crippen molar-refractivity contribution >= 4 is 34.4 Å². The highest BCUT2D eigenvalue weighted by atomic mass is 35.5. The number of nitrogens with zero attached hydrogens (tertiary/aromatic N) is 2. The molecule has 3 heterocycles. The summed E-state index contributed by atoms with van der Waals surface area (Å²) in [6, 6.07) is 4.55. The minimum atomic E-state index is -1.05. The van der Waals surface area contributed by atoms with Gasteiger partial charge in [0.25, 0.3) is 5.91 Å². The van der Waals surface area contributed by atoms with Gasteiger partial charge in [-0.25, -0.2) is 0 Å². The Bertz CT molecular complexity index is 1220. The number of fused-ring (bicyclic) bond motifs is 1. The van der Waals surface area contributed by atoms with Crippen molar-refractivity contribution in [2.45, 2.75) is 26.2 Å². The van der Waals surface area contributed by atoms with E-state index in [1.165, 1.54) is 19.4 Å². The van der Waals surface area contributed by atoms with Gasteiger partial charge in [-0.15, -0.1) is 0 Å². The van der Waals surface area contributed by atoms with E-state index in [1.807, 2.05) is 0 Å². The van der Waals surface area contributed by atoms with Crippen molar-refractivity contribution in [2.24, 2.45) is 5.73 Å². The summed E-state index contributed by atoms with van der Waals surface area (Å²) in [7, 11) is 1.30. The molecule has 3 aromatic heterocycles. The number of esters is 1. The van der Waals surface area contributed by atoms with Crippen LogP contribution in [0.15, 0.2) is 29.2 Å². The normalized spacial score (nSPS) is 11.5. The zero-order chi connectivity index (χ0) is 21.5. The fraction of sp³-hybridized carbons (Fsp3) is 0.250. The number of aromatic nitrogens is 3.